The molecule has 0 aliphatic rings. The zero-order valence-corrected chi connectivity index (χ0v) is 8.58. The topological polar surface area (TPSA) is 96.2 Å². The largest absolute Gasteiger partial charge is 0.478 e. The molecule has 0 fully saturated rings. The predicted molar refractivity (Wildman–Crippen MR) is 61.3 cm³/mol. The summed E-state index contributed by atoms with van der Waals surface area (Å²) < 4.78 is 0. The number of hydrogen-bond acceptors (Lipinski definition) is 3. The van der Waals surface area contributed by atoms with Crippen LogP contribution in [0.3, 0.4) is 0 Å². The van der Waals surface area contributed by atoms with Crippen molar-refractivity contribution in [2.24, 2.45) is 0 Å². The highest BCUT2D eigenvalue weighted by molar-refractivity contribution is 6.06. The highest BCUT2D eigenvalue weighted by Gasteiger charge is 2.12. The molecule has 1 aromatic carbocycles. The van der Waals surface area contributed by atoms with Crippen molar-refractivity contribution in [2.75, 3.05) is 0 Å². The first-order chi connectivity index (χ1) is 8.09. The first-order valence-corrected chi connectivity index (χ1v) is 4.74. The lowest BCUT2D eigenvalue weighted by Gasteiger charge is -1.97. The summed E-state index contributed by atoms with van der Waals surface area (Å²) in [6, 6.07) is 4.79. The van der Waals surface area contributed by atoms with Crippen LogP contribution >= 0.6 is 0 Å². The van der Waals surface area contributed by atoms with Gasteiger partial charge >= 0.3 is 5.97 Å². The van der Waals surface area contributed by atoms with E-state index in [2.05, 4.69) is 4.98 Å². The smallest absolute Gasteiger partial charge is 0.336 e. The summed E-state index contributed by atoms with van der Waals surface area (Å²) in [6.45, 7) is 0. The molecule has 0 atom stereocenters. The fraction of sp³-hybridized carbons (Fsp3) is 0. The zero-order valence-electron chi connectivity index (χ0n) is 8.58. The SMILES string of the molecule is O=C(O)c1cccc2[nH]cc(/C=C/[N+](=O)[O-])c12. The van der Waals surface area contributed by atoms with E-state index in [0.717, 1.165) is 6.20 Å². The van der Waals surface area contributed by atoms with E-state index in [1.807, 2.05) is 0 Å². The number of aromatic nitrogens is 1. The third-order valence-corrected chi connectivity index (χ3v) is 2.34. The summed E-state index contributed by atoms with van der Waals surface area (Å²) in [5.41, 5.74) is 1.23. The van der Waals surface area contributed by atoms with Gasteiger partial charge in [0.2, 0.25) is 6.20 Å². The van der Waals surface area contributed by atoms with Crippen LogP contribution in [0.15, 0.2) is 30.6 Å². The minimum absolute atomic E-state index is 0.117. The standard InChI is InChI=1S/C11H8N2O4/c14-11(15)8-2-1-3-9-10(8)7(6-12-9)4-5-13(16)17/h1-6,12H,(H,14,15)/b5-4+. The van der Waals surface area contributed by atoms with Crippen molar-refractivity contribution in [3.63, 3.8) is 0 Å². The molecule has 2 N–H and O–H groups in total. The Kier molecular flexibility index (Phi) is 2.61. The van der Waals surface area contributed by atoms with Crippen molar-refractivity contribution in [1.29, 1.82) is 0 Å². The van der Waals surface area contributed by atoms with E-state index in [4.69, 9.17) is 5.11 Å². The van der Waals surface area contributed by atoms with Gasteiger partial charge in [-0.2, -0.15) is 0 Å². The molecule has 6 nitrogen and oxygen atoms in total. The zero-order chi connectivity index (χ0) is 12.4. The number of nitrogens with zero attached hydrogens (tertiary/aromatic N) is 1. The molecule has 2 rings (SSSR count). The molecule has 0 amide bonds. The van der Waals surface area contributed by atoms with Gasteiger partial charge in [0.05, 0.1) is 10.5 Å². The number of aromatic carboxylic acids is 1. The van der Waals surface area contributed by atoms with Crippen molar-refractivity contribution in [3.05, 3.63) is 51.8 Å². The number of carboxylic acids is 1. The van der Waals surface area contributed by atoms with Gasteiger partial charge in [-0.15, -0.1) is 0 Å². The van der Waals surface area contributed by atoms with Crippen LogP contribution in [0, 0.1) is 10.1 Å². The molecule has 0 radical (unpaired) electrons. The average molecular weight is 232 g/mol. The van der Waals surface area contributed by atoms with Crippen molar-refractivity contribution >= 4 is 22.9 Å². The molecule has 2 aromatic rings. The number of rotatable bonds is 3. The number of fused-ring (bicyclic) bond motifs is 1. The second-order valence-electron chi connectivity index (χ2n) is 3.38. The van der Waals surface area contributed by atoms with Gasteiger partial charge in [-0.05, 0) is 12.1 Å². The summed E-state index contributed by atoms with van der Waals surface area (Å²) in [6.07, 6.45) is 3.59. The first kappa shape index (κ1) is 10.9. The molecule has 1 aromatic heterocycles. The lowest BCUT2D eigenvalue weighted by Crippen LogP contribution is -1.96. The summed E-state index contributed by atoms with van der Waals surface area (Å²) >= 11 is 0. The Hall–Kier alpha value is -2.63. The maximum atomic E-state index is 11.0. The fourth-order valence-electron chi connectivity index (χ4n) is 1.66. The van der Waals surface area contributed by atoms with E-state index in [1.165, 1.54) is 18.3 Å². The Labute approximate surface area is 95.3 Å². The Bertz CT molecular complexity index is 627. The number of hydrogen-bond donors (Lipinski definition) is 2. The summed E-state index contributed by atoms with van der Waals surface area (Å²) in [5, 5.41) is 19.7. The van der Waals surface area contributed by atoms with Gasteiger partial charge in [-0.3, -0.25) is 10.1 Å². The maximum Gasteiger partial charge on any atom is 0.336 e. The average Bonchev–Trinajstić information content (AvgIpc) is 2.69. The lowest BCUT2D eigenvalue weighted by molar-refractivity contribution is -0.400. The number of carbonyl (C=O) groups is 1. The molecule has 0 spiro atoms. The number of H-pyrrole nitrogens is 1. The Morgan fingerprint density at radius 3 is 2.88 bits per heavy atom. The summed E-state index contributed by atoms with van der Waals surface area (Å²) in [4.78, 5) is 23.5. The number of carboxylic acid groups (broad SMARTS) is 1. The van der Waals surface area contributed by atoms with E-state index < -0.39 is 10.9 Å². The molecule has 0 unspecified atom stereocenters. The van der Waals surface area contributed by atoms with Gasteiger partial charge in [-0.1, -0.05) is 6.07 Å². The Morgan fingerprint density at radius 2 is 2.24 bits per heavy atom. The third-order valence-electron chi connectivity index (χ3n) is 2.34. The molecular formula is C11H8N2O4. The Morgan fingerprint density at radius 1 is 1.47 bits per heavy atom. The van der Waals surface area contributed by atoms with Crippen molar-refractivity contribution in [2.45, 2.75) is 0 Å². The first-order valence-electron chi connectivity index (χ1n) is 4.74. The van der Waals surface area contributed by atoms with Crippen LogP contribution in [0.25, 0.3) is 17.0 Å². The molecule has 0 aliphatic carbocycles. The molecule has 1 heterocycles. The lowest BCUT2D eigenvalue weighted by atomic mass is 10.1. The number of benzene rings is 1. The molecule has 86 valence electrons. The maximum absolute atomic E-state index is 11.0. The minimum atomic E-state index is -1.06. The van der Waals surface area contributed by atoms with E-state index in [0.29, 0.717) is 16.5 Å². The highest BCUT2D eigenvalue weighted by atomic mass is 16.6. The molecular weight excluding hydrogens is 224 g/mol. The van der Waals surface area contributed by atoms with Crippen LogP contribution in [0.2, 0.25) is 0 Å². The molecule has 0 saturated heterocycles. The van der Waals surface area contributed by atoms with Crippen LogP contribution in [0.1, 0.15) is 15.9 Å². The van der Waals surface area contributed by atoms with Gasteiger partial charge in [-0.25, -0.2) is 4.79 Å². The monoisotopic (exact) mass is 232 g/mol. The highest BCUT2D eigenvalue weighted by Crippen LogP contribution is 2.23. The van der Waals surface area contributed by atoms with Crippen molar-refractivity contribution in [3.8, 4) is 0 Å². The second kappa shape index (κ2) is 4.09. The molecule has 6 heteroatoms. The molecule has 0 bridgehead atoms. The van der Waals surface area contributed by atoms with Crippen molar-refractivity contribution < 1.29 is 14.8 Å². The van der Waals surface area contributed by atoms with Crippen LogP contribution < -0.4 is 0 Å². The van der Waals surface area contributed by atoms with E-state index in [1.54, 1.807) is 12.1 Å². The Balaban J connectivity index is 2.65. The molecule has 0 aliphatic heterocycles. The van der Waals surface area contributed by atoms with Crippen LogP contribution in [0.4, 0.5) is 0 Å². The van der Waals surface area contributed by atoms with Gasteiger partial charge in [0.1, 0.15) is 0 Å². The number of nitro groups is 1. The van der Waals surface area contributed by atoms with E-state index in [-0.39, 0.29) is 5.56 Å². The second-order valence-corrected chi connectivity index (χ2v) is 3.38. The summed E-state index contributed by atoms with van der Waals surface area (Å²) in [7, 11) is 0. The third kappa shape index (κ3) is 2.00. The van der Waals surface area contributed by atoms with E-state index >= 15 is 0 Å². The molecule has 0 saturated carbocycles. The molecule has 17 heavy (non-hydrogen) atoms. The summed E-state index contributed by atoms with van der Waals surface area (Å²) in [5.74, 6) is -1.06. The van der Waals surface area contributed by atoms with Crippen LogP contribution in [-0.4, -0.2) is 21.0 Å². The predicted octanol–water partition coefficient (Wildman–Crippen LogP) is 2.11. The van der Waals surface area contributed by atoms with Gasteiger partial charge in [0.25, 0.3) is 0 Å². The number of aromatic amines is 1. The van der Waals surface area contributed by atoms with Gasteiger partial charge in [0.15, 0.2) is 0 Å². The van der Waals surface area contributed by atoms with Crippen LogP contribution in [0.5, 0.6) is 0 Å². The van der Waals surface area contributed by atoms with Crippen LogP contribution in [-0.2, 0) is 0 Å². The van der Waals surface area contributed by atoms with E-state index in [9.17, 15) is 14.9 Å². The fourth-order valence-corrected chi connectivity index (χ4v) is 1.66. The van der Waals surface area contributed by atoms with Gasteiger partial charge < -0.3 is 10.1 Å². The van der Waals surface area contributed by atoms with Gasteiger partial charge in [0, 0.05) is 28.7 Å². The quantitative estimate of drug-likeness (QED) is 0.625. The normalized spacial score (nSPS) is 11.1. The van der Waals surface area contributed by atoms with Crippen molar-refractivity contribution in [1.82, 2.24) is 4.98 Å². The number of nitrogens with one attached hydrogen (secondary N) is 1. The minimum Gasteiger partial charge on any atom is -0.478 e.